The lowest BCUT2D eigenvalue weighted by atomic mass is 10.2. The van der Waals surface area contributed by atoms with Gasteiger partial charge in [-0.2, -0.15) is 0 Å². The van der Waals surface area contributed by atoms with Gasteiger partial charge >= 0.3 is 6.09 Å². The third-order valence-corrected chi connectivity index (χ3v) is 2.25. The Kier molecular flexibility index (Phi) is 4.18. The van der Waals surface area contributed by atoms with Crippen molar-refractivity contribution < 1.29 is 9.53 Å². The quantitative estimate of drug-likeness (QED) is 0.729. The van der Waals surface area contributed by atoms with Gasteiger partial charge in [-0.25, -0.2) is 4.79 Å². The van der Waals surface area contributed by atoms with E-state index in [0.29, 0.717) is 6.54 Å². The number of hydrogen-bond acceptors (Lipinski definition) is 2. The highest BCUT2D eigenvalue weighted by molar-refractivity contribution is 5.67. The van der Waals surface area contributed by atoms with E-state index in [2.05, 4.69) is 11.4 Å². The Hall–Kier alpha value is -0.990. The maximum atomic E-state index is 11.3. The second-order valence-electron chi connectivity index (χ2n) is 4.93. The molecule has 0 bridgehead atoms. The molecule has 15 heavy (non-hydrogen) atoms. The lowest BCUT2D eigenvalue weighted by molar-refractivity contribution is 0.0528. The van der Waals surface area contributed by atoms with E-state index >= 15 is 0 Å². The summed E-state index contributed by atoms with van der Waals surface area (Å²) in [6, 6.07) is 0. The van der Waals surface area contributed by atoms with Crippen LogP contribution >= 0.6 is 0 Å². The molecule has 0 radical (unpaired) electrons. The smallest absolute Gasteiger partial charge is 0.407 e. The molecule has 1 amide bonds. The van der Waals surface area contributed by atoms with E-state index in [9.17, 15) is 4.79 Å². The number of hydrogen-bond donors (Lipinski definition) is 1. The van der Waals surface area contributed by atoms with Crippen LogP contribution in [0.1, 0.15) is 46.5 Å². The zero-order valence-corrected chi connectivity index (χ0v) is 9.93. The molecule has 3 nitrogen and oxygen atoms in total. The highest BCUT2D eigenvalue weighted by Crippen LogP contribution is 2.19. The summed E-state index contributed by atoms with van der Waals surface area (Å²) < 4.78 is 5.13. The molecule has 0 aliphatic heterocycles. The van der Waals surface area contributed by atoms with Gasteiger partial charge in [0.25, 0.3) is 0 Å². The Morgan fingerprint density at radius 1 is 1.53 bits per heavy atom. The standard InChI is InChI=1S/C12H21NO2/c1-12(2,3)15-11(14)13-9-8-10-6-4-5-7-10/h6H,4-5,7-9H2,1-3H3,(H,13,14). The molecule has 0 aromatic heterocycles. The van der Waals surface area contributed by atoms with Crippen LogP contribution in [-0.4, -0.2) is 18.2 Å². The third kappa shape index (κ3) is 5.45. The number of rotatable bonds is 3. The predicted molar refractivity (Wildman–Crippen MR) is 60.8 cm³/mol. The van der Waals surface area contributed by atoms with Gasteiger partial charge in [0, 0.05) is 6.54 Å². The van der Waals surface area contributed by atoms with Gasteiger partial charge in [0.15, 0.2) is 0 Å². The summed E-state index contributed by atoms with van der Waals surface area (Å²) >= 11 is 0. The number of alkyl carbamates (subject to hydrolysis) is 1. The highest BCUT2D eigenvalue weighted by atomic mass is 16.6. The van der Waals surface area contributed by atoms with Crippen LogP contribution in [0.2, 0.25) is 0 Å². The summed E-state index contributed by atoms with van der Waals surface area (Å²) in [5.74, 6) is 0. The predicted octanol–water partition coefficient (Wildman–Crippen LogP) is 3.01. The zero-order valence-electron chi connectivity index (χ0n) is 9.93. The van der Waals surface area contributed by atoms with Crippen molar-refractivity contribution >= 4 is 6.09 Å². The van der Waals surface area contributed by atoms with Crippen LogP contribution in [0.4, 0.5) is 4.79 Å². The summed E-state index contributed by atoms with van der Waals surface area (Å²) in [4.78, 5) is 11.3. The normalized spacial score (nSPS) is 16.1. The maximum Gasteiger partial charge on any atom is 0.407 e. The van der Waals surface area contributed by atoms with Crippen LogP contribution in [0, 0.1) is 0 Å². The lowest BCUT2D eigenvalue weighted by Crippen LogP contribution is -2.33. The van der Waals surface area contributed by atoms with Gasteiger partial charge in [-0.15, -0.1) is 0 Å². The summed E-state index contributed by atoms with van der Waals surface area (Å²) in [5, 5.41) is 2.76. The Morgan fingerprint density at radius 3 is 2.80 bits per heavy atom. The summed E-state index contributed by atoms with van der Waals surface area (Å²) in [6.07, 6.45) is 6.57. The van der Waals surface area contributed by atoms with Gasteiger partial charge in [0.1, 0.15) is 5.60 Å². The van der Waals surface area contributed by atoms with Crippen molar-refractivity contribution in [2.45, 2.75) is 52.1 Å². The minimum Gasteiger partial charge on any atom is -0.444 e. The first-order valence-corrected chi connectivity index (χ1v) is 5.62. The molecule has 1 aliphatic rings. The molecule has 0 saturated heterocycles. The van der Waals surface area contributed by atoms with Crippen LogP contribution in [-0.2, 0) is 4.74 Å². The van der Waals surface area contributed by atoms with Crippen molar-refractivity contribution in [1.29, 1.82) is 0 Å². The molecular formula is C12H21NO2. The van der Waals surface area contributed by atoms with Gasteiger partial charge in [-0.3, -0.25) is 0 Å². The van der Waals surface area contributed by atoms with E-state index in [-0.39, 0.29) is 6.09 Å². The molecule has 1 rings (SSSR count). The fourth-order valence-electron chi connectivity index (χ4n) is 1.60. The van der Waals surface area contributed by atoms with Crippen molar-refractivity contribution in [3.05, 3.63) is 11.6 Å². The second kappa shape index (κ2) is 5.19. The molecule has 86 valence electrons. The number of carbonyl (C=O) groups is 1. The Morgan fingerprint density at radius 2 is 2.27 bits per heavy atom. The molecule has 0 aromatic rings. The van der Waals surface area contributed by atoms with Crippen LogP contribution in [0.25, 0.3) is 0 Å². The van der Waals surface area contributed by atoms with Crippen molar-refractivity contribution in [3.63, 3.8) is 0 Å². The Labute approximate surface area is 91.9 Å². The molecule has 0 spiro atoms. The van der Waals surface area contributed by atoms with Crippen molar-refractivity contribution in [2.75, 3.05) is 6.54 Å². The molecule has 1 aliphatic carbocycles. The number of nitrogens with one attached hydrogen (secondary N) is 1. The molecule has 0 aromatic carbocycles. The first kappa shape index (κ1) is 12.1. The van der Waals surface area contributed by atoms with Crippen molar-refractivity contribution in [1.82, 2.24) is 5.32 Å². The molecule has 0 atom stereocenters. The average molecular weight is 211 g/mol. The van der Waals surface area contributed by atoms with Gasteiger partial charge < -0.3 is 10.1 Å². The summed E-state index contributed by atoms with van der Waals surface area (Å²) in [6.45, 7) is 6.28. The van der Waals surface area contributed by atoms with Gasteiger partial charge in [0.05, 0.1) is 0 Å². The van der Waals surface area contributed by atoms with E-state index in [1.807, 2.05) is 20.8 Å². The fraction of sp³-hybridized carbons (Fsp3) is 0.750. The van der Waals surface area contributed by atoms with Crippen molar-refractivity contribution in [2.24, 2.45) is 0 Å². The Bertz CT molecular complexity index is 251. The summed E-state index contributed by atoms with van der Waals surface area (Å²) in [7, 11) is 0. The molecule has 0 fully saturated rings. The monoisotopic (exact) mass is 211 g/mol. The SMILES string of the molecule is CC(C)(C)OC(=O)NCCC1=CCCC1. The molecule has 0 saturated carbocycles. The zero-order chi connectivity index (χ0) is 11.3. The van der Waals surface area contributed by atoms with Gasteiger partial charge in [-0.05, 0) is 46.5 Å². The average Bonchev–Trinajstić information content (AvgIpc) is 2.53. The number of allylic oxidation sites excluding steroid dienone is 1. The van der Waals surface area contributed by atoms with E-state index < -0.39 is 5.60 Å². The number of amides is 1. The van der Waals surface area contributed by atoms with Crippen LogP contribution in [0.15, 0.2) is 11.6 Å². The lowest BCUT2D eigenvalue weighted by Gasteiger charge is -2.19. The van der Waals surface area contributed by atoms with E-state index in [0.717, 1.165) is 6.42 Å². The minimum atomic E-state index is -0.406. The number of ether oxygens (including phenoxy) is 1. The maximum absolute atomic E-state index is 11.3. The first-order chi connectivity index (χ1) is 6.97. The fourth-order valence-corrected chi connectivity index (χ4v) is 1.60. The Balaban J connectivity index is 2.12. The molecule has 0 unspecified atom stereocenters. The largest absolute Gasteiger partial charge is 0.444 e. The van der Waals surface area contributed by atoms with Crippen LogP contribution in [0.3, 0.4) is 0 Å². The molecule has 0 heterocycles. The third-order valence-electron chi connectivity index (χ3n) is 2.25. The molecular weight excluding hydrogens is 190 g/mol. The van der Waals surface area contributed by atoms with Crippen molar-refractivity contribution in [3.8, 4) is 0 Å². The first-order valence-electron chi connectivity index (χ1n) is 5.62. The topological polar surface area (TPSA) is 38.3 Å². The van der Waals surface area contributed by atoms with Gasteiger partial charge in [-0.1, -0.05) is 11.6 Å². The summed E-state index contributed by atoms with van der Waals surface area (Å²) in [5.41, 5.74) is 1.06. The number of carbonyl (C=O) groups excluding carboxylic acids is 1. The molecule has 3 heteroatoms. The van der Waals surface area contributed by atoms with Crippen LogP contribution in [0.5, 0.6) is 0 Å². The van der Waals surface area contributed by atoms with E-state index in [1.165, 1.54) is 24.8 Å². The van der Waals surface area contributed by atoms with E-state index in [4.69, 9.17) is 4.74 Å². The minimum absolute atomic E-state index is 0.318. The van der Waals surface area contributed by atoms with Gasteiger partial charge in [0.2, 0.25) is 0 Å². The molecule has 1 N–H and O–H groups in total. The second-order valence-corrected chi connectivity index (χ2v) is 4.93. The van der Waals surface area contributed by atoms with E-state index in [1.54, 1.807) is 0 Å². The highest BCUT2D eigenvalue weighted by Gasteiger charge is 2.15. The van der Waals surface area contributed by atoms with Crippen LogP contribution < -0.4 is 5.32 Å².